The van der Waals surface area contributed by atoms with Gasteiger partial charge in [0.2, 0.25) is 0 Å². The van der Waals surface area contributed by atoms with Crippen LogP contribution in [-0.4, -0.2) is 15.2 Å². The average molecular weight is 224 g/mol. The van der Waals surface area contributed by atoms with Gasteiger partial charge in [0.15, 0.2) is 5.16 Å². The molecule has 0 aliphatic rings. The molecule has 0 bridgehead atoms. The Morgan fingerprint density at radius 1 is 1.47 bits per heavy atom. The van der Waals surface area contributed by atoms with Crippen molar-refractivity contribution in [3.63, 3.8) is 0 Å². The van der Waals surface area contributed by atoms with Gasteiger partial charge in [-0.2, -0.15) is 5.10 Å². The number of benzene rings is 1. The smallest absolute Gasteiger partial charge is 0.188 e. The molecular formula is C9H9FN4S. The number of H-pyrrole nitrogens is 1. The van der Waals surface area contributed by atoms with Crippen LogP contribution in [0.1, 0.15) is 5.56 Å². The molecule has 3 N–H and O–H groups in total. The van der Waals surface area contributed by atoms with Crippen molar-refractivity contribution in [1.82, 2.24) is 15.2 Å². The summed E-state index contributed by atoms with van der Waals surface area (Å²) in [6.07, 6.45) is 1.38. The van der Waals surface area contributed by atoms with Gasteiger partial charge < -0.3 is 5.73 Å². The molecule has 4 nitrogen and oxygen atoms in total. The van der Waals surface area contributed by atoms with Gasteiger partial charge in [-0.1, -0.05) is 6.07 Å². The van der Waals surface area contributed by atoms with E-state index in [4.69, 9.17) is 5.73 Å². The molecule has 0 aliphatic heterocycles. The summed E-state index contributed by atoms with van der Waals surface area (Å²) in [5, 5.41) is 6.90. The summed E-state index contributed by atoms with van der Waals surface area (Å²) in [5.74, 6) is -0.292. The Balaban J connectivity index is 2.22. The lowest BCUT2D eigenvalue weighted by Crippen LogP contribution is -1.97. The Bertz CT molecular complexity index is 443. The molecule has 0 saturated heterocycles. The largest absolute Gasteiger partial charge is 0.326 e. The van der Waals surface area contributed by atoms with Crippen molar-refractivity contribution in [2.24, 2.45) is 5.73 Å². The first-order chi connectivity index (χ1) is 7.29. The summed E-state index contributed by atoms with van der Waals surface area (Å²) >= 11 is 1.20. The fourth-order valence-corrected chi connectivity index (χ4v) is 1.80. The van der Waals surface area contributed by atoms with Gasteiger partial charge in [-0.3, -0.25) is 5.10 Å². The lowest BCUT2D eigenvalue weighted by Gasteiger charge is -2.02. The number of aromatic nitrogens is 3. The maximum atomic E-state index is 13.5. The summed E-state index contributed by atoms with van der Waals surface area (Å²) in [6, 6.07) is 4.91. The minimum atomic E-state index is -0.292. The van der Waals surface area contributed by atoms with E-state index in [9.17, 15) is 4.39 Å². The van der Waals surface area contributed by atoms with E-state index in [1.165, 1.54) is 24.2 Å². The van der Waals surface area contributed by atoms with Crippen LogP contribution in [0.15, 0.2) is 34.6 Å². The standard InChI is InChI=1S/C9H9FN4S/c10-7-3-6(4-11)1-2-8(7)15-9-12-5-13-14-9/h1-3,5H,4,11H2,(H,12,13,14). The summed E-state index contributed by atoms with van der Waals surface area (Å²) in [7, 11) is 0. The molecule has 0 saturated carbocycles. The van der Waals surface area contributed by atoms with Crippen LogP contribution >= 0.6 is 11.8 Å². The first kappa shape index (κ1) is 10.1. The Hall–Kier alpha value is -1.40. The van der Waals surface area contributed by atoms with E-state index in [2.05, 4.69) is 15.2 Å². The lowest BCUT2D eigenvalue weighted by molar-refractivity contribution is 0.599. The molecule has 1 heterocycles. The molecule has 6 heteroatoms. The molecule has 0 atom stereocenters. The number of hydrogen-bond acceptors (Lipinski definition) is 4. The van der Waals surface area contributed by atoms with Crippen LogP contribution in [-0.2, 0) is 6.54 Å². The zero-order valence-corrected chi connectivity index (χ0v) is 8.59. The van der Waals surface area contributed by atoms with Crippen molar-refractivity contribution in [2.75, 3.05) is 0 Å². The third-order valence-corrected chi connectivity index (χ3v) is 2.77. The van der Waals surface area contributed by atoms with E-state index in [-0.39, 0.29) is 5.82 Å². The van der Waals surface area contributed by atoms with Gasteiger partial charge in [-0.25, -0.2) is 9.37 Å². The Labute approximate surface area is 90.1 Å². The van der Waals surface area contributed by atoms with Gasteiger partial charge in [-0.05, 0) is 29.5 Å². The van der Waals surface area contributed by atoms with Crippen LogP contribution in [0.5, 0.6) is 0 Å². The number of rotatable bonds is 3. The third-order valence-electron chi connectivity index (χ3n) is 1.83. The van der Waals surface area contributed by atoms with Gasteiger partial charge in [0.25, 0.3) is 0 Å². The van der Waals surface area contributed by atoms with Crippen LogP contribution in [0.3, 0.4) is 0 Å². The summed E-state index contributed by atoms with van der Waals surface area (Å²) in [4.78, 5) is 4.40. The van der Waals surface area contributed by atoms with Crippen molar-refractivity contribution < 1.29 is 4.39 Å². The second kappa shape index (κ2) is 4.41. The minimum absolute atomic E-state index is 0.292. The SMILES string of the molecule is NCc1ccc(Sc2ncn[nH]2)c(F)c1. The van der Waals surface area contributed by atoms with Gasteiger partial charge in [0.1, 0.15) is 12.1 Å². The predicted octanol–water partition coefficient (Wildman–Crippen LogP) is 1.55. The number of aromatic amines is 1. The molecule has 0 aliphatic carbocycles. The molecule has 1 aromatic heterocycles. The lowest BCUT2D eigenvalue weighted by atomic mass is 10.2. The van der Waals surface area contributed by atoms with E-state index < -0.39 is 0 Å². The van der Waals surface area contributed by atoms with Gasteiger partial charge >= 0.3 is 0 Å². The van der Waals surface area contributed by atoms with Crippen LogP contribution < -0.4 is 5.73 Å². The molecule has 2 rings (SSSR count). The molecule has 2 aromatic rings. The normalized spacial score (nSPS) is 10.5. The maximum Gasteiger partial charge on any atom is 0.188 e. The molecule has 0 amide bonds. The van der Waals surface area contributed by atoms with Crippen molar-refractivity contribution in [3.05, 3.63) is 35.9 Å². The molecule has 78 valence electrons. The third kappa shape index (κ3) is 2.34. The highest BCUT2D eigenvalue weighted by atomic mass is 32.2. The fraction of sp³-hybridized carbons (Fsp3) is 0.111. The summed E-state index contributed by atoms with van der Waals surface area (Å²) in [6.45, 7) is 0.337. The van der Waals surface area contributed by atoms with Crippen LogP contribution in [0, 0.1) is 5.82 Å². The number of hydrogen-bond donors (Lipinski definition) is 2. The van der Waals surface area contributed by atoms with Gasteiger partial charge in [0.05, 0.1) is 4.90 Å². The average Bonchev–Trinajstić information content (AvgIpc) is 2.74. The van der Waals surface area contributed by atoms with Crippen molar-refractivity contribution in [3.8, 4) is 0 Å². The van der Waals surface area contributed by atoms with Crippen LogP contribution in [0.25, 0.3) is 0 Å². The zero-order chi connectivity index (χ0) is 10.7. The van der Waals surface area contributed by atoms with Crippen molar-refractivity contribution >= 4 is 11.8 Å². The fourth-order valence-electron chi connectivity index (χ4n) is 1.10. The second-order valence-corrected chi connectivity index (χ2v) is 3.89. The monoisotopic (exact) mass is 224 g/mol. The molecule has 0 unspecified atom stereocenters. The van der Waals surface area contributed by atoms with Gasteiger partial charge in [0, 0.05) is 6.54 Å². The highest BCUT2D eigenvalue weighted by molar-refractivity contribution is 7.99. The van der Waals surface area contributed by atoms with E-state index in [0.29, 0.717) is 16.6 Å². The number of halogens is 1. The maximum absolute atomic E-state index is 13.5. The Morgan fingerprint density at radius 2 is 2.33 bits per heavy atom. The molecule has 1 aromatic carbocycles. The molecule has 0 radical (unpaired) electrons. The molecule has 0 fully saturated rings. The summed E-state index contributed by atoms with van der Waals surface area (Å²) in [5.41, 5.74) is 6.18. The predicted molar refractivity (Wildman–Crippen MR) is 54.8 cm³/mol. The quantitative estimate of drug-likeness (QED) is 0.830. The van der Waals surface area contributed by atoms with E-state index in [0.717, 1.165) is 5.56 Å². The first-order valence-corrected chi connectivity index (χ1v) is 5.13. The van der Waals surface area contributed by atoms with Crippen molar-refractivity contribution in [2.45, 2.75) is 16.6 Å². The Kier molecular flexibility index (Phi) is 2.98. The molecule has 15 heavy (non-hydrogen) atoms. The number of nitrogens with one attached hydrogen (secondary N) is 1. The number of nitrogens with two attached hydrogens (primary N) is 1. The second-order valence-electron chi connectivity index (χ2n) is 2.86. The van der Waals surface area contributed by atoms with E-state index >= 15 is 0 Å². The van der Waals surface area contributed by atoms with Crippen LogP contribution in [0.4, 0.5) is 4.39 Å². The van der Waals surface area contributed by atoms with Crippen LogP contribution in [0.2, 0.25) is 0 Å². The summed E-state index contributed by atoms with van der Waals surface area (Å²) < 4.78 is 13.5. The molecular weight excluding hydrogens is 215 g/mol. The topological polar surface area (TPSA) is 67.6 Å². The molecule has 0 spiro atoms. The van der Waals surface area contributed by atoms with Gasteiger partial charge in [-0.15, -0.1) is 0 Å². The number of nitrogens with zero attached hydrogens (tertiary/aromatic N) is 2. The minimum Gasteiger partial charge on any atom is -0.326 e. The Morgan fingerprint density at radius 3 is 2.93 bits per heavy atom. The van der Waals surface area contributed by atoms with E-state index in [1.54, 1.807) is 12.1 Å². The zero-order valence-electron chi connectivity index (χ0n) is 7.77. The first-order valence-electron chi connectivity index (χ1n) is 4.31. The van der Waals surface area contributed by atoms with Crippen molar-refractivity contribution in [1.29, 1.82) is 0 Å². The van der Waals surface area contributed by atoms with E-state index in [1.807, 2.05) is 0 Å². The highest BCUT2D eigenvalue weighted by Crippen LogP contribution is 2.27. The highest BCUT2D eigenvalue weighted by Gasteiger charge is 2.06.